The van der Waals surface area contributed by atoms with Crippen molar-refractivity contribution in [1.82, 2.24) is 0 Å². The van der Waals surface area contributed by atoms with Crippen LogP contribution in [0.1, 0.15) is 12.5 Å². The molecule has 25 heavy (non-hydrogen) atoms. The summed E-state index contributed by atoms with van der Waals surface area (Å²) in [5.41, 5.74) is 3.20. The van der Waals surface area contributed by atoms with Gasteiger partial charge in [-0.2, -0.15) is 0 Å². The van der Waals surface area contributed by atoms with Crippen LogP contribution in [0.3, 0.4) is 0 Å². The van der Waals surface area contributed by atoms with Crippen LogP contribution in [0, 0.1) is 0 Å². The van der Waals surface area contributed by atoms with E-state index >= 15 is 0 Å². The summed E-state index contributed by atoms with van der Waals surface area (Å²) in [6.45, 7) is 1.94. The molecular formula is C22H20O3. The van der Waals surface area contributed by atoms with Crippen molar-refractivity contribution in [1.29, 1.82) is 0 Å². The lowest BCUT2D eigenvalue weighted by Gasteiger charge is -2.14. The Morgan fingerprint density at radius 3 is 2.00 bits per heavy atom. The van der Waals surface area contributed by atoms with Crippen LogP contribution in [0.25, 0.3) is 11.1 Å². The molecule has 126 valence electrons. The standard InChI is InChI=1S/C22H20O3/c1-17(22(23)24-16-18-8-4-2-5-9-18)25-21-14-12-20(13-15-21)19-10-6-3-7-11-19/h2-15,17H,16H2,1H3. The lowest BCUT2D eigenvalue weighted by atomic mass is 10.1. The fourth-order valence-corrected chi connectivity index (χ4v) is 2.45. The van der Waals surface area contributed by atoms with Gasteiger partial charge in [-0.1, -0.05) is 72.8 Å². The van der Waals surface area contributed by atoms with Gasteiger partial charge in [0, 0.05) is 0 Å². The van der Waals surface area contributed by atoms with Crippen molar-refractivity contribution in [3.63, 3.8) is 0 Å². The minimum absolute atomic E-state index is 0.250. The molecule has 1 unspecified atom stereocenters. The summed E-state index contributed by atoms with van der Waals surface area (Å²) in [5.74, 6) is 0.264. The highest BCUT2D eigenvalue weighted by Gasteiger charge is 2.16. The average molecular weight is 332 g/mol. The van der Waals surface area contributed by atoms with E-state index in [-0.39, 0.29) is 12.6 Å². The number of esters is 1. The van der Waals surface area contributed by atoms with Crippen molar-refractivity contribution >= 4 is 5.97 Å². The summed E-state index contributed by atoms with van der Waals surface area (Å²) >= 11 is 0. The molecule has 3 nitrogen and oxygen atoms in total. The van der Waals surface area contributed by atoms with Gasteiger partial charge in [-0.3, -0.25) is 0 Å². The maximum absolute atomic E-state index is 12.1. The molecule has 0 saturated carbocycles. The highest BCUT2D eigenvalue weighted by atomic mass is 16.6. The minimum Gasteiger partial charge on any atom is -0.479 e. The molecule has 0 N–H and O–H groups in total. The topological polar surface area (TPSA) is 35.5 Å². The van der Waals surface area contributed by atoms with Crippen molar-refractivity contribution in [2.45, 2.75) is 19.6 Å². The zero-order valence-corrected chi connectivity index (χ0v) is 14.1. The van der Waals surface area contributed by atoms with Crippen molar-refractivity contribution in [3.05, 3.63) is 90.5 Å². The molecular weight excluding hydrogens is 312 g/mol. The predicted octanol–water partition coefficient (Wildman–Crippen LogP) is 4.86. The van der Waals surface area contributed by atoms with Gasteiger partial charge in [0.25, 0.3) is 0 Å². The van der Waals surface area contributed by atoms with Gasteiger partial charge in [0.2, 0.25) is 0 Å². The van der Waals surface area contributed by atoms with Gasteiger partial charge in [-0.05, 0) is 35.7 Å². The molecule has 0 amide bonds. The van der Waals surface area contributed by atoms with Crippen LogP contribution in [-0.2, 0) is 16.1 Å². The number of ether oxygens (including phenoxy) is 2. The zero-order valence-electron chi connectivity index (χ0n) is 14.1. The first-order valence-corrected chi connectivity index (χ1v) is 8.25. The van der Waals surface area contributed by atoms with E-state index in [0.29, 0.717) is 5.75 Å². The molecule has 0 aliphatic carbocycles. The van der Waals surface area contributed by atoms with Gasteiger partial charge in [0.05, 0.1) is 0 Å². The van der Waals surface area contributed by atoms with E-state index < -0.39 is 6.10 Å². The number of hydrogen-bond donors (Lipinski definition) is 0. The Balaban J connectivity index is 1.55. The van der Waals surface area contributed by atoms with Crippen LogP contribution in [0.2, 0.25) is 0 Å². The first-order valence-electron chi connectivity index (χ1n) is 8.25. The molecule has 1 atom stereocenters. The van der Waals surface area contributed by atoms with Crippen LogP contribution in [0.5, 0.6) is 5.75 Å². The Morgan fingerprint density at radius 2 is 1.36 bits per heavy atom. The predicted molar refractivity (Wildman–Crippen MR) is 98.2 cm³/mol. The lowest BCUT2D eigenvalue weighted by molar-refractivity contribution is -0.152. The number of rotatable bonds is 6. The molecule has 0 spiro atoms. The van der Waals surface area contributed by atoms with Crippen molar-refractivity contribution in [2.75, 3.05) is 0 Å². The monoisotopic (exact) mass is 332 g/mol. The first-order chi connectivity index (χ1) is 12.2. The highest BCUT2D eigenvalue weighted by Crippen LogP contribution is 2.22. The number of carbonyl (C=O) groups excluding carboxylic acids is 1. The summed E-state index contributed by atoms with van der Waals surface area (Å²) < 4.78 is 11.0. The van der Waals surface area contributed by atoms with E-state index in [1.165, 1.54) is 0 Å². The second-order valence-corrected chi connectivity index (χ2v) is 5.74. The Morgan fingerprint density at radius 1 is 0.800 bits per heavy atom. The van der Waals surface area contributed by atoms with Crippen molar-refractivity contribution in [2.24, 2.45) is 0 Å². The van der Waals surface area contributed by atoms with Crippen LogP contribution in [0.15, 0.2) is 84.9 Å². The van der Waals surface area contributed by atoms with Gasteiger partial charge in [0.1, 0.15) is 12.4 Å². The van der Waals surface area contributed by atoms with E-state index in [0.717, 1.165) is 16.7 Å². The quantitative estimate of drug-likeness (QED) is 0.605. The van der Waals surface area contributed by atoms with Gasteiger partial charge < -0.3 is 9.47 Å². The van der Waals surface area contributed by atoms with E-state index in [4.69, 9.17) is 9.47 Å². The minimum atomic E-state index is -0.661. The van der Waals surface area contributed by atoms with Gasteiger partial charge in [-0.15, -0.1) is 0 Å². The Bertz CT molecular complexity index is 796. The largest absolute Gasteiger partial charge is 0.479 e. The molecule has 3 aromatic rings. The number of benzene rings is 3. The molecule has 3 aromatic carbocycles. The van der Waals surface area contributed by atoms with Crippen molar-refractivity contribution in [3.8, 4) is 16.9 Å². The summed E-state index contributed by atoms with van der Waals surface area (Å²) in [7, 11) is 0. The molecule has 0 saturated heterocycles. The molecule has 0 aliphatic heterocycles. The van der Waals surface area contributed by atoms with E-state index in [1.807, 2.05) is 72.8 Å². The molecule has 3 heteroatoms. The maximum atomic E-state index is 12.1. The van der Waals surface area contributed by atoms with Gasteiger partial charge >= 0.3 is 5.97 Å². The van der Waals surface area contributed by atoms with Crippen molar-refractivity contribution < 1.29 is 14.3 Å². The third-order valence-corrected chi connectivity index (χ3v) is 3.83. The van der Waals surface area contributed by atoms with Gasteiger partial charge in [0.15, 0.2) is 6.10 Å². The molecule has 3 rings (SSSR count). The normalized spacial score (nSPS) is 11.6. The molecule has 0 radical (unpaired) electrons. The molecule has 0 aromatic heterocycles. The lowest BCUT2D eigenvalue weighted by Crippen LogP contribution is -2.26. The van der Waals surface area contributed by atoms with Crippen LogP contribution in [0.4, 0.5) is 0 Å². The fraction of sp³-hybridized carbons (Fsp3) is 0.136. The molecule has 0 fully saturated rings. The maximum Gasteiger partial charge on any atom is 0.347 e. The SMILES string of the molecule is CC(Oc1ccc(-c2ccccc2)cc1)C(=O)OCc1ccccc1. The van der Waals surface area contributed by atoms with Crippen LogP contribution < -0.4 is 4.74 Å². The van der Waals surface area contributed by atoms with E-state index in [2.05, 4.69) is 12.1 Å². The second kappa shape index (κ2) is 8.15. The summed E-state index contributed by atoms with van der Waals surface area (Å²) in [6.07, 6.45) is -0.661. The summed E-state index contributed by atoms with van der Waals surface area (Å²) in [6, 6.07) is 27.4. The average Bonchev–Trinajstić information content (AvgIpc) is 2.68. The van der Waals surface area contributed by atoms with Crippen LogP contribution >= 0.6 is 0 Å². The Kier molecular flexibility index (Phi) is 5.47. The molecule has 0 aliphatic rings. The summed E-state index contributed by atoms with van der Waals surface area (Å²) in [5, 5.41) is 0. The third-order valence-electron chi connectivity index (χ3n) is 3.83. The Labute approximate surface area is 147 Å². The third kappa shape index (κ3) is 4.70. The van der Waals surface area contributed by atoms with E-state index in [9.17, 15) is 4.79 Å². The zero-order chi connectivity index (χ0) is 17.5. The summed E-state index contributed by atoms with van der Waals surface area (Å²) in [4.78, 5) is 12.1. The van der Waals surface area contributed by atoms with Gasteiger partial charge in [-0.25, -0.2) is 4.79 Å². The highest BCUT2D eigenvalue weighted by molar-refractivity contribution is 5.74. The number of hydrogen-bond acceptors (Lipinski definition) is 3. The van der Waals surface area contributed by atoms with E-state index in [1.54, 1.807) is 6.92 Å². The molecule has 0 heterocycles. The fourth-order valence-electron chi connectivity index (χ4n) is 2.45. The van der Waals surface area contributed by atoms with Crippen LogP contribution in [-0.4, -0.2) is 12.1 Å². The smallest absolute Gasteiger partial charge is 0.347 e. The second-order valence-electron chi connectivity index (χ2n) is 5.74. The first kappa shape index (κ1) is 16.8. The number of carbonyl (C=O) groups is 1. The molecule has 0 bridgehead atoms. The Hall–Kier alpha value is -3.07.